The van der Waals surface area contributed by atoms with Crippen LogP contribution in [-0.4, -0.2) is 21.1 Å². The molecule has 0 aliphatic heterocycles. The van der Waals surface area contributed by atoms with Gasteiger partial charge in [-0.15, -0.1) is 0 Å². The van der Waals surface area contributed by atoms with Gasteiger partial charge in [0.25, 0.3) is 0 Å². The number of pyridine rings is 1. The number of nitrogens with one attached hydrogen (secondary N) is 1. The highest BCUT2D eigenvalue weighted by atomic mass is 15.0. The molecule has 0 aromatic carbocycles. The lowest BCUT2D eigenvalue weighted by Gasteiger charge is -2.04. The van der Waals surface area contributed by atoms with Crippen molar-refractivity contribution in [1.82, 2.24) is 19.9 Å². The molecule has 0 bridgehead atoms. The Morgan fingerprint density at radius 3 is 3.00 bits per heavy atom. The monoisotopic (exact) mass is 216 g/mol. The molecule has 2 aromatic heterocycles. The first-order valence-electron chi connectivity index (χ1n) is 5.42. The van der Waals surface area contributed by atoms with Crippen LogP contribution in [0, 0.1) is 0 Å². The zero-order valence-electron chi connectivity index (χ0n) is 9.43. The van der Waals surface area contributed by atoms with E-state index in [2.05, 4.69) is 15.3 Å². The average molecular weight is 216 g/mol. The molecule has 0 spiro atoms. The topological polar surface area (TPSA) is 42.7 Å². The maximum absolute atomic E-state index is 4.27. The largest absolute Gasteiger partial charge is 0.337 e. The van der Waals surface area contributed by atoms with Gasteiger partial charge in [-0.05, 0) is 12.1 Å². The van der Waals surface area contributed by atoms with Gasteiger partial charge in [-0.25, -0.2) is 4.98 Å². The maximum Gasteiger partial charge on any atom is 0.0945 e. The minimum Gasteiger partial charge on any atom is -0.337 e. The highest BCUT2D eigenvalue weighted by Crippen LogP contribution is 1.96. The van der Waals surface area contributed by atoms with E-state index in [1.54, 1.807) is 0 Å². The lowest BCUT2D eigenvalue weighted by Crippen LogP contribution is -2.18. The highest BCUT2D eigenvalue weighted by molar-refractivity contribution is 5.04. The van der Waals surface area contributed by atoms with Gasteiger partial charge in [-0.2, -0.15) is 0 Å². The van der Waals surface area contributed by atoms with Crippen molar-refractivity contribution in [2.24, 2.45) is 7.05 Å². The molecular weight excluding hydrogens is 200 g/mol. The van der Waals surface area contributed by atoms with Gasteiger partial charge in [0.15, 0.2) is 0 Å². The first kappa shape index (κ1) is 10.8. The van der Waals surface area contributed by atoms with Crippen LogP contribution in [0.5, 0.6) is 0 Å². The molecule has 2 heterocycles. The number of imidazole rings is 1. The van der Waals surface area contributed by atoms with Crippen LogP contribution in [0.3, 0.4) is 0 Å². The Morgan fingerprint density at radius 1 is 1.38 bits per heavy atom. The van der Waals surface area contributed by atoms with Crippen molar-refractivity contribution in [3.63, 3.8) is 0 Å². The van der Waals surface area contributed by atoms with E-state index in [-0.39, 0.29) is 0 Å². The van der Waals surface area contributed by atoms with E-state index >= 15 is 0 Å². The van der Waals surface area contributed by atoms with Gasteiger partial charge in [-0.3, -0.25) is 4.98 Å². The smallest absolute Gasteiger partial charge is 0.0945 e. The normalized spacial score (nSPS) is 10.6. The van der Waals surface area contributed by atoms with Gasteiger partial charge in [0.1, 0.15) is 0 Å². The first-order valence-corrected chi connectivity index (χ1v) is 5.42. The summed E-state index contributed by atoms with van der Waals surface area (Å²) in [5.41, 5.74) is 2.32. The molecule has 84 valence electrons. The van der Waals surface area contributed by atoms with E-state index in [0.29, 0.717) is 0 Å². The quantitative estimate of drug-likeness (QED) is 0.762. The number of hydrogen-bond donors (Lipinski definition) is 1. The van der Waals surface area contributed by atoms with E-state index in [0.717, 1.165) is 25.2 Å². The van der Waals surface area contributed by atoms with E-state index in [9.17, 15) is 0 Å². The fourth-order valence-electron chi connectivity index (χ4n) is 1.53. The number of hydrogen-bond acceptors (Lipinski definition) is 3. The molecule has 0 unspecified atom stereocenters. The number of rotatable bonds is 5. The van der Waals surface area contributed by atoms with Crippen LogP contribution in [0.15, 0.2) is 36.9 Å². The predicted octanol–water partition coefficient (Wildman–Crippen LogP) is 1.15. The van der Waals surface area contributed by atoms with Crippen LogP contribution in [-0.2, 0) is 20.0 Å². The minimum absolute atomic E-state index is 0.851. The Kier molecular flexibility index (Phi) is 3.66. The molecule has 0 fully saturated rings. The fraction of sp³-hybridized carbons (Fsp3) is 0.333. The Bertz CT molecular complexity index is 422. The third kappa shape index (κ3) is 2.90. The summed E-state index contributed by atoms with van der Waals surface area (Å²) in [7, 11) is 2.00. The predicted molar refractivity (Wildman–Crippen MR) is 62.9 cm³/mol. The van der Waals surface area contributed by atoms with Crippen molar-refractivity contribution in [3.8, 4) is 0 Å². The van der Waals surface area contributed by atoms with E-state index in [4.69, 9.17) is 0 Å². The number of nitrogens with zero attached hydrogens (tertiary/aromatic N) is 3. The Labute approximate surface area is 95.4 Å². The van der Waals surface area contributed by atoms with E-state index < -0.39 is 0 Å². The summed E-state index contributed by atoms with van der Waals surface area (Å²) in [5.74, 6) is 0. The number of aryl methyl sites for hydroxylation is 1. The van der Waals surface area contributed by atoms with E-state index in [1.807, 2.05) is 48.5 Å². The lowest BCUT2D eigenvalue weighted by atomic mass is 10.3. The second-order valence-corrected chi connectivity index (χ2v) is 3.74. The van der Waals surface area contributed by atoms with Crippen molar-refractivity contribution in [2.45, 2.75) is 13.0 Å². The molecule has 2 aromatic rings. The molecule has 0 saturated heterocycles. The molecule has 0 radical (unpaired) electrons. The molecule has 1 N–H and O–H groups in total. The van der Waals surface area contributed by atoms with Gasteiger partial charge in [0, 0.05) is 44.6 Å². The molecule has 16 heavy (non-hydrogen) atoms. The summed E-state index contributed by atoms with van der Waals surface area (Å²) in [6.07, 6.45) is 6.48. The fourth-order valence-corrected chi connectivity index (χ4v) is 1.53. The summed E-state index contributed by atoms with van der Waals surface area (Å²) in [6.45, 7) is 1.78. The third-order valence-corrected chi connectivity index (χ3v) is 2.51. The lowest BCUT2D eigenvalue weighted by molar-refractivity contribution is 0.648. The summed E-state index contributed by atoms with van der Waals surface area (Å²) in [4.78, 5) is 8.34. The zero-order chi connectivity index (χ0) is 11.2. The van der Waals surface area contributed by atoms with E-state index in [1.165, 1.54) is 5.69 Å². The molecule has 0 saturated carbocycles. The maximum atomic E-state index is 4.27. The zero-order valence-corrected chi connectivity index (χ0v) is 9.43. The standard InChI is InChI=1S/C12H16N4/c1-16-10-14-9-12(16)8-13-7-5-11-4-2-3-6-15-11/h2-4,6,9-10,13H,5,7-8H2,1H3. The van der Waals surface area contributed by atoms with Gasteiger partial charge < -0.3 is 9.88 Å². The second-order valence-electron chi connectivity index (χ2n) is 3.74. The molecule has 0 aliphatic rings. The van der Waals surface area contributed by atoms with Crippen molar-refractivity contribution in [2.75, 3.05) is 6.54 Å². The summed E-state index contributed by atoms with van der Waals surface area (Å²) in [6, 6.07) is 6.00. The van der Waals surface area contributed by atoms with Crippen LogP contribution < -0.4 is 5.32 Å². The van der Waals surface area contributed by atoms with Crippen molar-refractivity contribution < 1.29 is 0 Å². The van der Waals surface area contributed by atoms with Crippen molar-refractivity contribution >= 4 is 0 Å². The van der Waals surface area contributed by atoms with Gasteiger partial charge in [0.2, 0.25) is 0 Å². The van der Waals surface area contributed by atoms with Crippen molar-refractivity contribution in [3.05, 3.63) is 48.3 Å². The Hall–Kier alpha value is -1.68. The van der Waals surface area contributed by atoms with Gasteiger partial charge in [0.05, 0.1) is 12.0 Å². The van der Waals surface area contributed by atoms with Crippen LogP contribution >= 0.6 is 0 Å². The summed E-state index contributed by atoms with van der Waals surface area (Å²) in [5, 5.41) is 3.38. The Balaban J connectivity index is 1.72. The molecular formula is C12H16N4. The third-order valence-electron chi connectivity index (χ3n) is 2.51. The van der Waals surface area contributed by atoms with Gasteiger partial charge in [-0.1, -0.05) is 6.07 Å². The second kappa shape index (κ2) is 5.42. The highest BCUT2D eigenvalue weighted by Gasteiger charge is 1.97. The van der Waals surface area contributed by atoms with Crippen LogP contribution in [0.2, 0.25) is 0 Å². The Morgan fingerprint density at radius 2 is 2.31 bits per heavy atom. The minimum atomic E-state index is 0.851. The van der Waals surface area contributed by atoms with Crippen LogP contribution in [0.1, 0.15) is 11.4 Å². The molecule has 4 heteroatoms. The summed E-state index contributed by atoms with van der Waals surface area (Å²) >= 11 is 0. The molecule has 0 aliphatic carbocycles. The van der Waals surface area contributed by atoms with Crippen LogP contribution in [0.4, 0.5) is 0 Å². The van der Waals surface area contributed by atoms with Gasteiger partial charge >= 0.3 is 0 Å². The molecule has 0 amide bonds. The van der Waals surface area contributed by atoms with Crippen LogP contribution in [0.25, 0.3) is 0 Å². The van der Waals surface area contributed by atoms with Crippen molar-refractivity contribution in [1.29, 1.82) is 0 Å². The number of aromatic nitrogens is 3. The average Bonchev–Trinajstić information content (AvgIpc) is 2.72. The molecule has 2 rings (SSSR count). The molecule has 4 nitrogen and oxygen atoms in total. The SMILES string of the molecule is Cn1cncc1CNCCc1ccccn1. The molecule has 0 atom stereocenters. The summed E-state index contributed by atoms with van der Waals surface area (Å²) < 4.78 is 2.02. The first-order chi connectivity index (χ1) is 7.86.